The van der Waals surface area contributed by atoms with E-state index in [9.17, 15) is 9.00 Å². The average Bonchev–Trinajstić information content (AvgIpc) is 2.18. The molecule has 0 N–H and O–H groups in total. The van der Waals surface area contributed by atoms with E-state index in [0.29, 0.717) is 11.5 Å². The maximum atomic E-state index is 11.8. The van der Waals surface area contributed by atoms with Crippen molar-refractivity contribution in [3.8, 4) is 0 Å². The maximum absolute atomic E-state index is 11.8. The summed E-state index contributed by atoms with van der Waals surface area (Å²) in [5.41, 5.74) is 0.931. The van der Waals surface area contributed by atoms with E-state index in [1.807, 2.05) is 25.1 Å². The summed E-state index contributed by atoms with van der Waals surface area (Å²) in [5, 5.41) is 0. The second-order valence-electron chi connectivity index (χ2n) is 3.06. The van der Waals surface area contributed by atoms with Crippen molar-refractivity contribution >= 4 is 16.8 Å². The summed E-state index contributed by atoms with van der Waals surface area (Å²) in [5.74, 6) is -0.488. The fourth-order valence-corrected chi connectivity index (χ4v) is 2.31. The van der Waals surface area contributed by atoms with Gasteiger partial charge in [0.1, 0.15) is 5.75 Å². The van der Waals surface area contributed by atoms with Crippen LogP contribution in [0.15, 0.2) is 29.2 Å². The van der Waals surface area contributed by atoms with Crippen LogP contribution in [-0.4, -0.2) is 22.5 Å². The molecule has 1 aromatic carbocycles. The second kappa shape index (κ2) is 5.66. The molecule has 0 saturated carbocycles. The van der Waals surface area contributed by atoms with Gasteiger partial charge < -0.3 is 4.74 Å². The van der Waals surface area contributed by atoms with Gasteiger partial charge in [-0.1, -0.05) is 18.2 Å². The molecule has 3 nitrogen and oxygen atoms in total. The van der Waals surface area contributed by atoms with Crippen LogP contribution in [0.25, 0.3) is 0 Å². The van der Waals surface area contributed by atoms with Crippen molar-refractivity contribution in [1.82, 2.24) is 0 Å². The van der Waals surface area contributed by atoms with E-state index in [-0.39, 0.29) is 5.75 Å². The fourth-order valence-electron chi connectivity index (χ4n) is 1.20. The van der Waals surface area contributed by atoms with Crippen molar-refractivity contribution in [2.24, 2.45) is 0 Å². The van der Waals surface area contributed by atoms with E-state index in [0.717, 1.165) is 5.56 Å². The summed E-state index contributed by atoms with van der Waals surface area (Å²) in [6, 6.07) is 7.33. The van der Waals surface area contributed by atoms with E-state index >= 15 is 0 Å². The smallest absolute Gasteiger partial charge is 0.318 e. The summed E-state index contributed by atoms with van der Waals surface area (Å²) >= 11 is 0. The van der Waals surface area contributed by atoms with Gasteiger partial charge >= 0.3 is 5.97 Å². The first-order valence-electron chi connectivity index (χ1n) is 4.74. The number of carbonyl (C=O) groups excluding carboxylic acids is 1. The van der Waals surface area contributed by atoms with Gasteiger partial charge in [-0.25, -0.2) is 0 Å². The molecule has 0 aliphatic heterocycles. The van der Waals surface area contributed by atoms with Crippen LogP contribution in [0, 0.1) is 6.92 Å². The van der Waals surface area contributed by atoms with Crippen molar-refractivity contribution in [2.45, 2.75) is 18.7 Å². The molecule has 0 bridgehead atoms. The Morgan fingerprint density at radius 1 is 1.40 bits per heavy atom. The lowest BCUT2D eigenvalue weighted by atomic mass is 10.2. The SMILES string of the molecule is CCOC(=O)CS(=O)c1ccccc1C. The molecule has 0 spiro atoms. The summed E-state index contributed by atoms with van der Waals surface area (Å²) in [4.78, 5) is 11.8. The lowest BCUT2D eigenvalue weighted by Gasteiger charge is -2.04. The van der Waals surface area contributed by atoms with Crippen molar-refractivity contribution in [2.75, 3.05) is 12.4 Å². The van der Waals surface area contributed by atoms with E-state index in [4.69, 9.17) is 4.74 Å². The number of hydrogen-bond acceptors (Lipinski definition) is 3. The summed E-state index contributed by atoms with van der Waals surface area (Å²) in [6.45, 7) is 3.93. The lowest BCUT2D eigenvalue weighted by Crippen LogP contribution is -2.14. The topological polar surface area (TPSA) is 43.4 Å². The molecule has 4 heteroatoms. The standard InChI is InChI=1S/C11H14O3S/c1-3-14-11(12)8-15(13)10-7-5-4-6-9(10)2/h4-7H,3,8H2,1-2H3. The highest BCUT2D eigenvalue weighted by Crippen LogP contribution is 2.12. The van der Waals surface area contributed by atoms with Crippen molar-refractivity contribution in [3.63, 3.8) is 0 Å². The van der Waals surface area contributed by atoms with Crippen molar-refractivity contribution in [3.05, 3.63) is 29.8 Å². The second-order valence-corrected chi connectivity index (χ2v) is 4.48. The Morgan fingerprint density at radius 3 is 2.67 bits per heavy atom. The van der Waals surface area contributed by atoms with E-state index < -0.39 is 16.8 Å². The number of aryl methyl sites for hydroxylation is 1. The molecule has 1 unspecified atom stereocenters. The van der Waals surface area contributed by atoms with Crippen LogP contribution < -0.4 is 0 Å². The van der Waals surface area contributed by atoms with Crippen LogP contribution in [0.3, 0.4) is 0 Å². The Kier molecular flexibility index (Phi) is 4.49. The number of ether oxygens (including phenoxy) is 1. The summed E-state index contributed by atoms with van der Waals surface area (Å²) in [7, 11) is -1.30. The molecule has 82 valence electrons. The van der Waals surface area contributed by atoms with Gasteiger partial charge in [0, 0.05) is 4.90 Å². The first-order chi connectivity index (χ1) is 7.15. The highest BCUT2D eigenvalue weighted by Gasteiger charge is 2.12. The number of carbonyl (C=O) groups is 1. The number of esters is 1. The van der Waals surface area contributed by atoms with Crippen molar-refractivity contribution < 1.29 is 13.7 Å². The predicted molar refractivity (Wildman–Crippen MR) is 59.1 cm³/mol. The third kappa shape index (κ3) is 3.47. The highest BCUT2D eigenvalue weighted by atomic mass is 32.2. The van der Waals surface area contributed by atoms with Gasteiger partial charge in [0.15, 0.2) is 0 Å². The Bertz CT molecular complexity index is 374. The minimum absolute atomic E-state index is 0.0707. The Labute approximate surface area is 91.9 Å². The van der Waals surface area contributed by atoms with E-state index in [1.54, 1.807) is 13.0 Å². The molecule has 0 saturated heterocycles. The molecule has 0 radical (unpaired) electrons. The quantitative estimate of drug-likeness (QED) is 0.733. The summed E-state index contributed by atoms with van der Waals surface area (Å²) in [6.07, 6.45) is 0. The normalized spacial score (nSPS) is 12.1. The van der Waals surface area contributed by atoms with Gasteiger partial charge in [-0.3, -0.25) is 9.00 Å². The largest absolute Gasteiger partial charge is 0.465 e. The molecule has 1 rings (SSSR count). The van der Waals surface area contributed by atoms with Gasteiger partial charge in [0.2, 0.25) is 0 Å². The van der Waals surface area contributed by atoms with Gasteiger partial charge in [-0.2, -0.15) is 0 Å². The molecule has 1 atom stereocenters. The van der Waals surface area contributed by atoms with Gasteiger partial charge in [0.25, 0.3) is 0 Å². The van der Waals surface area contributed by atoms with Crippen LogP contribution in [-0.2, 0) is 20.3 Å². The Hall–Kier alpha value is -1.16. The lowest BCUT2D eigenvalue weighted by molar-refractivity contribution is -0.139. The third-order valence-electron chi connectivity index (χ3n) is 1.89. The molecule has 0 amide bonds. The monoisotopic (exact) mass is 226 g/mol. The first kappa shape index (κ1) is 11.9. The molecule has 15 heavy (non-hydrogen) atoms. The number of rotatable bonds is 4. The minimum atomic E-state index is -1.30. The number of hydrogen-bond donors (Lipinski definition) is 0. The Balaban J connectivity index is 2.70. The molecule has 0 aliphatic rings. The fraction of sp³-hybridized carbons (Fsp3) is 0.364. The van der Waals surface area contributed by atoms with Gasteiger partial charge in [-0.15, -0.1) is 0 Å². The highest BCUT2D eigenvalue weighted by molar-refractivity contribution is 7.85. The maximum Gasteiger partial charge on any atom is 0.318 e. The predicted octanol–water partition coefficient (Wildman–Crippen LogP) is 1.67. The zero-order valence-corrected chi connectivity index (χ0v) is 9.67. The number of benzene rings is 1. The molecule has 0 aromatic heterocycles. The van der Waals surface area contributed by atoms with Crippen LogP contribution in [0.4, 0.5) is 0 Å². The molecule has 1 aromatic rings. The van der Waals surface area contributed by atoms with Crippen molar-refractivity contribution in [1.29, 1.82) is 0 Å². The minimum Gasteiger partial charge on any atom is -0.465 e. The van der Waals surface area contributed by atoms with Gasteiger partial charge in [0.05, 0.1) is 17.4 Å². The molecule has 0 heterocycles. The molecule has 0 fully saturated rings. The Morgan fingerprint density at radius 2 is 2.07 bits per heavy atom. The average molecular weight is 226 g/mol. The molecule has 0 aliphatic carbocycles. The zero-order chi connectivity index (χ0) is 11.3. The third-order valence-corrected chi connectivity index (χ3v) is 3.34. The summed E-state index contributed by atoms with van der Waals surface area (Å²) < 4.78 is 16.5. The van der Waals surface area contributed by atoms with Crippen LogP contribution in [0.2, 0.25) is 0 Å². The van der Waals surface area contributed by atoms with Crippen LogP contribution in [0.1, 0.15) is 12.5 Å². The molecular weight excluding hydrogens is 212 g/mol. The van der Waals surface area contributed by atoms with E-state index in [1.165, 1.54) is 0 Å². The first-order valence-corrected chi connectivity index (χ1v) is 6.06. The zero-order valence-electron chi connectivity index (χ0n) is 8.86. The van der Waals surface area contributed by atoms with Gasteiger partial charge in [-0.05, 0) is 25.5 Å². The van der Waals surface area contributed by atoms with Crippen LogP contribution in [0.5, 0.6) is 0 Å². The van der Waals surface area contributed by atoms with E-state index in [2.05, 4.69) is 0 Å². The molecular formula is C11H14O3S. The van der Waals surface area contributed by atoms with Crippen LogP contribution >= 0.6 is 0 Å².